The zero-order valence-corrected chi connectivity index (χ0v) is 14.2. The van der Waals surface area contributed by atoms with E-state index in [-0.39, 0.29) is 11.8 Å². The molecule has 1 N–H and O–H groups in total. The number of rotatable bonds is 4. The van der Waals surface area contributed by atoms with E-state index >= 15 is 0 Å². The largest absolute Gasteiger partial charge is 0.354 e. The Labute approximate surface area is 142 Å². The number of carbonyl (C=O) groups excluding carboxylic acids is 2. The number of nitrogens with one attached hydrogen (secondary N) is 1. The summed E-state index contributed by atoms with van der Waals surface area (Å²) in [5.74, 6) is -0.260. The second-order valence-corrected chi connectivity index (χ2v) is 7.21. The number of halogens is 1. The third kappa shape index (κ3) is 3.30. The van der Waals surface area contributed by atoms with Gasteiger partial charge in [-0.25, -0.2) is 4.39 Å². The second-order valence-electron chi connectivity index (χ2n) is 7.21. The Morgan fingerprint density at radius 1 is 1.29 bits per heavy atom. The predicted molar refractivity (Wildman–Crippen MR) is 90.0 cm³/mol. The summed E-state index contributed by atoms with van der Waals surface area (Å²) in [6, 6.07) is 5.64. The molecule has 0 spiro atoms. The lowest BCUT2D eigenvalue weighted by Gasteiger charge is -2.49. The first-order chi connectivity index (χ1) is 11.5. The Morgan fingerprint density at radius 3 is 2.67 bits per heavy atom. The Hall–Kier alpha value is -1.91. The highest BCUT2D eigenvalue weighted by molar-refractivity contribution is 6.00. The molecular formula is C19H25FN2O2. The van der Waals surface area contributed by atoms with Crippen LogP contribution in [0.2, 0.25) is 0 Å². The van der Waals surface area contributed by atoms with Crippen LogP contribution in [0.3, 0.4) is 0 Å². The van der Waals surface area contributed by atoms with E-state index in [2.05, 4.69) is 5.32 Å². The number of amides is 2. The molecule has 1 saturated carbocycles. The molecule has 24 heavy (non-hydrogen) atoms. The van der Waals surface area contributed by atoms with Gasteiger partial charge in [0.25, 0.3) is 5.91 Å². The first-order valence-electron chi connectivity index (χ1n) is 8.86. The highest BCUT2D eigenvalue weighted by atomic mass is 19.1. The van der Waals surface area contributed by atoms with Crippen molar-refractivity contribution in [3.8, 4) is 0 Å². The molecule has 1 saturated heterocycles. The maximum atomic E-state index is 13.3. The molecule has 1 atom stereocenters. The SMILES string of the molecule is CC1(C(=O)NCC2CCCCC2)CCN1C(=O)c1cccc(F)c1. The fourth-order valence-corrected chi connectivity index (χ4v) is 3.72. The number of likely N-dealkylation sites (tertiary alicyclic amines) is 1. The van der Waals surface area contributed by atoms with Gasteiger partial charge in [-0.05, 0) is 50.3 Å². The Bertz CT molecular complexity index is 628. The van der Waals surface area contributed by atoms with Crippen LogP contribution in [0, 0.1) is 11.7 Å². The highest BCUT2D eigenvalue weighted by Crippen LogP contribution is 2.32. The smallest absolute Gasteiger partial charge is 0.254 e. The minimum atomic E-state index is -0.821. The van der Waals surface area contributed by atoms with Crippen molar-refractivity contribution >= 4 is 11.8 Å². The third-order valence-electron chi connectivity index (χ3n) is 5.50. The summed E-state index contributed by atoms with van der Waals surface area (Å²) in [5.41, 5.74) is -0.529. The van der Waals surface area contributed by atoms with Crippen LogP contribution in [0.15, 0.2) is 24.3 Å². The van der Waals surface area contributed by atoms with E-state index in [1.165, 1.54) is 50.3 Å². The van der Waals surface area contributed by atoms with Gasteiger partial charge in [0.05, 0.1) is 0 Å². The van der Waals surface area contributed by atoms with E-state index in [4.69, 9.17) is 0 Å². The zero-order chi connectivity index (χ0) is 17.2. The Kier molecular flexibility index (Phi) is 4.88. The van der Waals surface area contributed by atoms with Crippen LogP contribution < -0.4 is 5.32 Å². The molecule has 1 aliphatic heterocycles. The van der Waals surface area contributed by atoms with Gasteiger partial charge in [-0.1, -0.05) is 25.3 Å². The van der Waals surface area contributed by atoms with E-state index < -0.39 is 11.4 Å². The normalized spacial score (nSPS) is 24.3. The van der Waals surface area contributed by atoms with Crippen LogP contribution >= 0.6 is 0 Å². The van der Waals surface area contributed by atoms with Gasteiger partial charge in [-0.2, -0.15) is 0 Å². The molecule has 0 aromatic heterocycles. The topological polar surface area (TPSA) is 49.4 Å². The van der Waals surface area contributed by atoms with Gasteiger partial charge in [0.15, 0.2) is 0 Å². The van der Waals surface area contributed by atoms with Crippen molar-refractivity contribution in [2.24, 2.45) is 5.92 Å². The fraction of sp³-hybridized carbons (Fsp3) is 0.579. The summed E-state index contributed by atoms with van der Waals surface area (Å²) >= 11 is 0. The average molecular weight is 332 g/mol. The lowest BCUT2D eigenvalue weighted by molar-refractivity contribution is -0.137. The van der Waals surface area contributed by atoms with Crippen LogP contribution in [0.4, 0.5) is 4.39 Å². The van der Waals surface area contributed by atoms with Crippen molar-refractivity contribution in [1.82, 2.24) is 10.2 Å². The molecule has 4 nitrogen and oxygen atoms in total. The lowest BCUT2D eigenvalue weighted by atomic mass is 9.84. The summed E-state index contributed by atoms with van der Waals surface area (Å²) in [7, 11) is 0. The molecular weight excluding hydrogens is 307 g/mol. The molecule has 0 bridgehead atoms. The summed E-state index contributed by atoms with van der Waals surface area (Å²) < 4.78 is 13.3. The summed E-state index contributed by atoms with van der Waals surface area (Å²) in [4.78, 5) is 26.8. The Morgan fingerprint density at radius 2 is 2.04 bits per heavy atom. The van der Waals surface area contributed by atoms with Crippen molar-refractivity contribution in [1.29, 1.82) is 0 Å². The molecule has 2 fully saturated rings. The molecule has 1 aromatic carbocycles. The van der Waals surface area contributed by atoms with Gasteiger partial charge in [-0.15, -0.1) is 0 Å². The van der Waals surface area contributed by atoms with Crippen molar-refractivity contribution < 1.29 is 14.0 Å². The van der Waals surface area contributed by atoms with Crippen molar-refractivity contribution in [2.75, 3.05) is 13.1 Å². The van der Waals surface area contributed by atoms with Gasteiger partial charge < -0.3 is 10.2 Å². The van der Waals surface area contributed by atoms with E-state index in [0.29, 0.717) is 31.0 Å². The molecule has 1 heterocycles. The van der Waals surface area contributed by atoms with Crippen LogP contribution in [0.5, 0.6) is 0 Å². The summed E-state index contributed by atoms with van der Waals surface area (Å²) in [6.45, 7) is 3.02. The molecule has 5 heteroatoms. The van der Waals surface area contributed by atoms with Crippen molar-refractivity contribution in [3.63, 3.8) is 0 Å². The number of hydrogen-bond acceptors (Lipinski definition) is 2. The molecule has 1 aromatic rings. The van der Waals surface area contributed by atoms with Gasteiger partial charge in [-0.3, -0.25) is 9.59 Å². The summed E-state index contributed by atoms with van der Waals surface area (Å²) in [6.07, 6.45) is 6.75. The Balaban J connectivity index is 1.61. The van der Waals surface area contributed by atoms with Gasteiger partial charge >= 0.3 is 0 Å². The molecule has 1 unspecified atom stereocenters. The summed E-state index contributed by atoms with van der Waals surface area (Å²) in [5, 5.41) is 3.04. The molecule has 3 rings (SSSR count). The molecule has 0 radical (unpaired) electrons. The van der Waals surface area contributed by atoms with Gasteiger partial charge in [0.2, 0.25) is 5.91 Å². The maximum absolute atomic E-state index is 13.3. The lowest BCUT2D eigenvalue weighted by Crippen LogP contribution is -2.67. The quantitative estimate of drug-likeness (QED) is 0.921. The van der Waals surface area contributed by atoms with Crippen LogP contribution in [0.25, 0.3) is 0 Å². The van der Waals surface area contributed by atoms with E-state index in [9.17, 15) is 14.0 Å². The van der Waals surface area contributed by atoms with Crippen molar-refractivity contribution in [2.45, 2.75) is 51.0 Å². The standard InChI is InChI=1S/C19H25FN2O2/c1-19(18(24)21-13-14-6-3-2-4-7-14)10-11-22(19)17(23)15-8-5-9-16(20)12-15/h5,8-9,12,14H,2-4,6-7,10-11,13H2,1H3,(H,21,24). The molecule has 2 aliphatic rings. The van der Waals surface area contributed by atoms with Crippen LogP contribution in [-0.2, 0) is 4.79 Å². The first-order valence-corrected chi connectivity index (χ1v) is 8.86. The van der Waals surface area contributed by atoms with Gasteiger partial charge in [0, 0.05) is 18.7 Å². The minimum Gasteiger partial charge on any atom is -0.354 e. The third-order valence-corrected chi connectivity index (χ3v) is 5.50. The second kappa shape index (κ2) is 6.91. The zero-order valence-electron chi connectivity index (χ0n) is 14.2. The number of hydrogen-bond donors (Lipinski definition) is 1. The van der Waals surface area contributed by atoms with E-state index in [0.717, 1.165) is 0 Å². The molecule has 1 aliphatic carbocycles. The van der Waals surface area contributed by atoms with E-state index in [1.54, 1.807) is 17.9 Å². The number of benzene rings is 1. The van der Waals surface area contributed by atoms with E-state index in [1.807, 2.05) is 0 Å². The molecule has 130 valence electrons. The molecule has 2 amide bonds. The first kappa shape index (κ1) is 16.9. The van der Waals surface area contributed by atoms with Crippen molar-refractivity contribution in [3.05, 3.63) is 35.6 Å². The van der Waals surface area contributed by atoms with Crippen LogP contribution in [-0.4, -0.2) is 35.3 Å². The van der Waals surface area contributed by atoms with Crippen LogP contribution in [0.1, 0.15) is 55.8 Å². The fourth-order valence-electron chi connectivity index (χ4n) is 3.72. The minimum absolute atomic E-state index is 0.0934. The maximum Gasteiger partial charge on any atom is 0.254 e. The number of carbonyl (C=O) groups is 2. The van der Waals surface area contributed by atoms with Gasteiger partial charge in [0.1, 0.15) is 11.4 Å². The number of nitrogens with zero attached hydrogens (tertiary/aromatic N) is 1. The monoisotopic (exact) mass is 332 g/mol. The predicted octanol–water partition coefficient (Wildman–Crippen LogP) is 3.13. The highest BCUT2D eigenvalue weighted by Gasteiger charge is 2.49. The average Bonchev–Trinajstić information content (AvgIpc) is 2.59.